The summed E-state index contributed by atoms with van der Waals surface area (Å²) in [6.07, 6.45) is 11.3. The molecule has 2 heteroatoms. The third-order valence-electron chi connectivity index (χ3n) is 4.32. The van der Waals surface area contributed by atoms with E-state index in [9.17, 15) is 5.11 Å². The van der Waals surface area contributed by atoms with Crippen LogP contribution in [0.4, 0.5) is 0 Å². The van der Waals surface area contributed by atoms with E-state index in [0.717, 1.165) is 25.9 Å². The molecule has 0 radical (unpaired) electrons. The van der Waals surface area contributed by atoms with E-state index >= 15 is 0 Å². The van der Waals surface area contributed by atoms with Crippen molar-refractivity contribution in [1.82, 2.24) is 5.32 Å². The van der Waals surface area contributed by atoms with Gasteiger partial charge in [-0.3, -0.25) is 0 Å². The topological polar surface area (TPSA) is 32.3 Å². The Kier molecular flexibility index (Phi) is 7.14. The number of piperidine rings is 1. The molecule has 2 unspecified atom stereocenters. The Hall–Kier alpha value is -0.0800. The summed E-state index contributed by atoms with van der Waals surface area (Å²) in [6, 6.07) is 0. The monoisotopic (exact) mass is 241 g/mol. The fourth-order valence-corrected chi connectivity index (χ4v) is 2.82. The summed E-state index contributed by atoms with van der Waals surface area (Å²) in [7, 11) is 0. The molecule has 0 saturated carbocycles. The van der Waals surface area contributed by atoms with Gasteiger partial charge in [-0.1, -0.05) is 58.8 Å². The van der Waals surface area contributed by atoms with Crippen LogP contribution in [-0.4, -0.2) is 23.8 Å². The molecule has 1 fully saturated rings. The first-order valence-electron chi connectivity index (χ1n) is 7.62. The van der Waals surface area contributed by atoms with Gasteiger partial charge >= 0.3 is 0 Å². The SMILES string of the molecule is CCCCCCCCCC1(O)CCNCC1C. The second kappa shape index (κ2) is 8.10. The molecule has 0 aliphatic carbocycles. The zero-order valence-corrected chi connectivity index (χ0v) is 11.8. The van der Waals surface area contributed by atoms with Crippen LogP contribution in [0, 0.1) is 5.92 Å². The van der Waals surface area contributed by atoms with E-state index in [1.165, 1.54) is 44.9 Å². The summed E-state index contributed by atoms with van der Waals surface area (Å²) in [4.78, 5) is 0. The van der Waals surface area contributed by atoms with E-state index in [-0.39, 0.29) is 5.60 Å². The van der Waals surface area contributed by atoms with E-state index in [1.54, 1.807) is 0 Å². The van der Waals surface area contributed by atoms with Gasteiger partial charge in [0.15, 0.2) is 0 Å². The minimum atomic E-state index is -0.380. The lowest BCUT2D eigenvalue weighted by atomic mass is 9.79. The van der Waals surface area contributed by atoms with Gasteiger partial charge in [0.05, 0.1) is 5.60 Å². The van der Waals surface area contributed by atoms with Crippen molar-refractivity contribution in [3.8, 4) is 0 Å². The third-order valence-corrected chi connectivity index (χ3v) is 4.32. The lowest BCUT2D eigenvalue weighted by Gasteiger charge is -2.38. The van der Waals surface area contributed by atoms with Gasteiger partial charge in [0, 0.05) is 6.54 Å². The summed E-state index contributed by atoms with van der Waals surface area (Å²) in [5.41, 5.74) is -0.380. The maximum absolute atomic E-state index is 10.5. The maximum Gasteiger partial charge on any atom is 0.0697 e. The average Bonchev–Trinajstić information content (AvgIpc) is 2.32. The van der Waals surface area contributed by atoms with Crippen LogP contribution < -0.4 is 5.32 Å². The van der Waals surface area contributed by atoms with Crippen LogP contribution in [0.5, 0.6) is 0 Å². The van der Waals surface area contributed by atoms with Crippen LogP contribution in [0.3, 0.4) is 0 Å². The molecule has 0 aromatic rings. The predicted molar refractivity (Wildman–Crippen MR) is 74.2 cm³/mol. The molecule has 0 spiro atoms. The molecule has 2 atom stereocenters. The largest absolute Gasteiger partial charge is 0.390 e. The molecule has 102 valence electrons. The van der Waals surface area contributed by atoms with E-state index in [1.807, 2.05) is 0 Å². The van der Waals surface area contributed by atoms with Crippen LogP contribution in [0.25, 0.3) is 0 Å². The van der Waals surface area contributed by atoms with Crippen molar-refractivity contribution >= 4 is 0 Å². The molecule has 1 heterocycles. The standard InChI is InChI=1S/C15H31NO/c1-3-4-5-6-7-8-9-10-15(17)11-12-16-13-14(15)2/h14,16-17H,3-13H2,1-2H3. The van der Waals surface area contributed by atoms with Crippen LogP contribution >= 0.6 is 0 Å². The minimum Gasteiger partial charge on any atom is -0.390 e. The Morgan fingerprint density at radius 2 is 1.76 bits per heavy atom. The van der Waals surface area contributed by atoms with Crippen molar-refractivity contribution in [3.63, 3.8) is 0 Å². The molecule has 1 aliphatic rings. The van der Waals surface area contributed by atoms with Crippen LogP contribution in [0.1, 0.15) is 71.6 Å². The summed E-state index contributed by atoms with van der Waals surface area (Å²) in [5.74, 6) is 0.413. The van der Waals surface area contributed by atoms with Gasteiger partial charge in [-0.25, -0.2) is 0 Å². The van der Waals surface area contributed by atoms with Gasteiger partial charge in [-0.2, -0.15) is 0 Å². The highest BCUT2D eigenvalue weighted by Crippen LogP contribution is 2.29. The highest BCUT2D eigenvalue weighted by molar-refractivity contribution is 4.89. The second-order valence-electron chi connectivity index (χ2n) is 5.83. The van der Waals surface area contributed by atoms with Crippen molar-refractivity contribution in [2.75, 3.05) is 13.1 Å². The molecule has 2 nitrogen and oxygen atoms in total. The number of nitrogens with one attached hydrogen (secondary N) is 1. The first-order chi connectivity index (χ1) is 8.19. The van der Waals surface area contributed by atoms with E-state index in [2.05, 4.69) is 19.2 Å². The van der Waals surface area contributed by atoms with Gasteiger partial charge < -0.3 is 10.4 Å². The van der Waals surface area contributed by atoms with E-state index in [0.29, 0.717) is 5.92 Å². The number of rotatable bonds is 8. The van der Waals surface area contributed by atoms with Gasteiger partial charge in [0.25, 0.3) is 0 Å². The number of hydrogen-bond acceptors (Lipinski definition) is 2. The lowest BCUT2D eigenvalue weighted by Crippen LogP contribution is -2.48. The summed E-state index contributed by atoms with van der Waals surface area (Å²) >= 11 is 0. The highest BCUT2D eigenvalue weighted by atomic mass is 16.3. The van der Waals surface area contributed by atoms with Gasteiger partial charge in [-0.15, -0.1) is 0 Å². The zero-order chi connectivity index (χ0) is 12.6. The molecule has 0 aromatic carbocycles. The molecular formula is C15H31NO. The summed E-state index contributed by atoms with van der Waals surface area (Å²) in [5, 5.41) is 13.9. The Bertz CT molecular complexity index is 195. The van der Waals surface area contributed by atoms with Crippen LogP contribution in [0.15, 0.2) is 0 Å². The first-order valence-corrected chi connectivity index (χ1v) is 7.62. The Balaban J connectivity index is 2.04. The van der Waals surface area contributed by atoms with Gasteiger partial charge in [-0.05, 0) is 25.3 Å². The van der Waals surface area contributed by atoms with Crippen molar-refractivity contribution < 1.29 is 5.11 Å². The number of hydrogen-bond donors (Lipinski definition) is 2. The second-order valence-corrected chi connectivity index (χ2v) is 5.83. The molecule has 2 N–H and O–H groups in total. The molecule has 17 heavy (non-hydrogen) atoms. The average molecular weight is 241 g/mol. The van der Waals surface area contributed by atoms with E-state index < -0.39 is 0 Å². The lowest BCUT2D eigenvalue weighted by molar-refractivity contribution is -0.0422. The fraction of sp³-hybridized carbons (Fsp3) is 1.00. The smallest absolute Gasteiger partial charge is 0.0697 e. The predicted octanol–water partition coefficient (Wildman–Crippen LogP) is 3.49. The quantitative estimate of drug-likeness (QED) is 0.638. The van der Waals surface area contributed by atoms with Crippen LogP contribution in [0.2, 0.25) is 0 Å². The van der Waals surface area contributed by atoms with Crippen molar-refractivity contribution in [1.29, 1.82) is 0 Å². The molecule has 1 aliphatic heterocycles. The molecule has 1 saturated heterocycles. The molecular weight excluding hydrogens is 210 g/mol. The summed E-state index contributed by atoms with van der Waals surface area (Å²) in [6.45, 7) is 6.39. The Morgan fingerprint density at radius 3 is 2.41 bits per heavy atom. The minimum absolute atomic E-state index is 0.380. The highest BCUT2D eigenvalue weighted by Gasteiger charge is 2.34. The summed E-state index contributed by atoms with van der Waals surface area (Å²) < 4.78 is 0. The van der Waals surface area contributed by atoms with Crippen molar-refractivity contribution in [3.05, 3.63) is 0 Å². The normalized spacial score (nSPS) is 29.5. The zero-order valence-electron chi connectivity index (χ0n) is 11.8. The Labute approximate surface area is 107 Å². The van der Waals surface area contributed by atoms with Gasteiger partial charge in [0.1, 0.15) is 0 Å². The van der Waals surface area contributed by atoms with Gasteiger partial charge in [0.2, 0.25) is 0 Å². The van der Waals surface area contributed by atoms with E-state index in [4.69, 9.17) is 0 Å². The molecule has 1 rings (SSSR count). The fourth-order valence-electron chi connectivity index (χ4n) is 2.82. The molecule has 0 amide bonds. The van der Waals surface area contributed by atoms with Crippen molar-refractivity contribution in [2.24, 2.45) is 5.92 Å². The maximum atomic E-state index is 10.5. The number of unbranched alkanes of at least 4 members (excludes halogenated alkanes) is 6. The van der Waals surface area contributed by atoms with Crippen LogP contribution in [-0.2, 0) is 0 Å². The number of aliphatic hydroxyl groups is 1. The van der Waals surface area contributed by atoms with Crippen molar-refractivity contribution in [2.45, 2.75) is 77.2 Å². The Morgan fingerprint density at radius 1 is 1.12 bits per heavy atom. The third kappa shape index (κ3) is 5.39. The molecule has 0 aromatic heterocycles. The first kappa shape index (κ1) is 15.0. The molecule has 0 bridgehead atoms.